The second-order valence-electron chi connectivity index (χ2n) is 7.03. The number of anilines is 1. The number of carbonyl (C=O) groups excluding carboxylic acids is 2. The van der Waals surface area contributed by atoms with Crippen molar-refractivity contribution in [2.45, 2.75) is 25.3 Å². The van der Waals surface area contributed by atoms with E-state index in [1.54, 1.807) is 23.9 Å². The minimum atomic E-state index is -0.269. The molecule has 1 unspecified atom stereocenters. The van der Waals surface area contributed by atoms with Gasteiger partial charge >= 0.3 is 0 Å². The first kappa shape index (κ1) is 20.2. The fraction of sp³-hybridized carbons (Fsp3) is 0.273. The molecular weight excluding hydrogens is 398 g/mol. The van der Waals surface area contributed by atoms with Gasteiger partial charge in [0.25, 0.3) is 5.91 Å². The van der Waals surface area contributed by atoms with Gasteiger partial charge in [-0.1, -0.05) is 30.3 Å². The summed E-state index contributed by atoms with van der Waals surface area (Å²) >= 11 is 1.72. The van der Waals surface area contributed by atoms with Gasteiger partial charge in [-0.05, 0) is 42.7 Å². The van der Waals surface area contributed by atoms with Crippen molar-refractivity contribution in [2.75, 3.05) is 17.0 Å². The van der Waals surface area contributed by atoms with Gasteiger partial charge in [0.05, 0.1) is 22.8 Å². The van der Waals surface area contributed by atoms with E-state index >= 15 is 0 Å². The summed E-state index contributed by atoms with van der Waals surface area (Å²) in [5, 5.41) is 8.74. The second kappa shape index (κ2) is 9.13. The molecule has 1 aliphatic heterocycles. The topological polar surface area (TPSA) is 90.4 Å². The number of imidazole rings is 1. The average molecular weight is 422 g/mol. The number of nitrogens with zero attached hydrogens (tertiary/aromatic N) is 3. The number of rotatable bonds is 7. The largest absolute Gasteiger partial charge is 0.341 e. The summed E-state index contributed by atoms with van der Waals surface area (Å²) in [5.74, 6) is 1.22. The Kier molecular flexibility index (Phi) is 6.13. The van der Waals surface area contributed by atoms with E-state index in [1.807, 2.05) is 48.7 Å². The molecule has 30 heavy (non-hydrogen) atoms. The third kappa shape index (κ3) is 4.38. The van der Waals surface area contributed by atoms with Crippen molar-refractivity contribution in [1.29, 1.82) is 0 Å². The molecule has 1 aromatic heterocycles. The third-order valence-electron chi connectivity index (χ3n) is 4.95. The number of fused-ring (bicyclic) bond motifs is 1. The number of benzene rings is 2. The Balaban J connectivity index is 1.56. The molecule has 7 nitrogen and oxygen atoms in total. The van der Waals surface area contributed by atoms with Crippen LogP contribution in [-0.4, -0.2) is 39.5 Å². The molecule has 2 aromatic carbocycles. The molecule has 1 atom stereocenters. The first-order chi connectivity index (χ1) is 14.7. The van der Waals surface area contributed by atoms with Crippen LogP contribution in [0.5, 0.6) is 0 Å². The summed E-state index contributed by atoms with van der Waals surface area (Å²) in [6.45, 7) is 0. The van der Waals surface area contributed by atoms with Gasteiger partial charge in [0, 0.05) is 12.8 Å². The van der Waals surface area contributed by atoms with Crippen LogP contribution in [0.3, 0.4) is 0 Å². The molecule has 8 heteroatoms. The Hall–Kier alpha value is -3.13. The van der Waals surface area contributed by atoms with Crippen molar-refractivity contribution >= 4 is 46.0 Å². The molecule has 3 aromatic rings. The Morgan fingerprint density at radius 1 is 1.17 bits per heavy atom. The Bertz CT molecular complexity index is 1050. The second-order valence-corrected chi connectivity index (χ2v) is 8.02. The maximum Gasteiger partial charge on any atom is 0.268 e. The summed E-state index contributed by atoms with van der Waals surface area (Å²) in [6.07, 6.45) is 3.35. The molecule has 0 fully saturated rings. The summed E-state index contributed by atoms with van der Waals surface area (Å²) in [6, 6.07) is 16.7. The summed E-state index contributed by atoms with van der Waals surface area (Å²) in [4.78, 5) is 33.3. The number of amides is 2. The van der Waals surface area contributed by atoms with Crippen LogP contribution in [0, 0.1) is 0 Å². The molecule has 154 valence electrons. The van der Waals surface area contributed by atoms with Crippen molar-refractivity contribution < 1.29 is 9.59 Å². The fourth-order valence-corrected chi connectivity index (χ4v) is 3.85. The van der Waals surface area contributed by atoms with Gasteiger partial charge in [0.1, 0.15) is 11.5 Å². The number of nitrogens with one attached hydrogen (secondary N) is 2. The van der Waals surface area contributed by atoms with Crippen molar-refractivity contribution in [3.8, 4) is 0 Å². The van der Waals surface area contributed by atoms with Gasteiger partial charge in [-0.15, -0.1) is 0 Å². The third-order valence-corrected chi connectivity index (χ3v) is 5.59. The zero-order chi connectivity index (χ0) is 20.9. The standard InChI is InChI=1S/C22H23N5O2S/c1-30-14-13-18(21-23-16-9-5-6-10-17(16)24-21)25-22(29)19-11-12-20(28)27(26-19)15-7-3-2-4-8-15/h2-10,18H,11-14H2,1H3,(H,23,24)(H,25,29). The quantitative estimate of drug-likeness (QED) is 0.609. The Labute approximate surface area is 178 Å². The van der Waals surface area contributed by atoms with Gasteiger partial charge < -0.3 is 10.3 Å². The number of carbonyl (C=O) groups is 2. The summed E-state index contributed by atoms with van der Waals surface area (Å²) in [7, 11) is 0. The lowest BCUT2D eigenvalue weighted by Crippen LogP contribution is -2.40. The van der Waals surface area contributed by atoms with Crippen molar-refractivity contribution in [3.05, 3.63) is 60.4 Å². The smallest absolute Gasteiger partial charge is 0.268 e. The van der Waals surface area contributed by atoms with Crippen LogP contribution in [0.2, 0.25) is 0 Å². The lowest BCUT2D eigenvalue weighted by Gasteiger charge is -2.24. The highest BCUT2D eigenvalue weighted by molar-refractivity contribution is 7.98. The highest BCUT2D eigenvalue weighted by atomic mass is 32.2. The van der Waals surface area contributed by atoms with Crippen LogP contribution in [0.4, 0.5) is 5.69 Å². The zero-order valence-electron chi connectivity index (χ0n) is 16.7. The van der Waals surface area contributed by atoms with Crippen molar-refractivity contribution in [2.24, 2.45) is 5.10 Å². The molecule has 2 amide bonds. The minimum Gasteiger partial charge on any atom is -0.341 e. The predicted molar refractivity (Wildman–Crippen MR) is 121 cm³/mol. The molecule has 0 saturated carbocycles. The number of hydrogen-bond acceptors (Lipinski definition) is 5. The number of aromatic nitrogens is 2. The van der Waals surface area contributed by atoms with E-state index in [9.17, 15) is 9.59 Å². The van der Waals surface area contributed by atoms with Gasteiger partial charge in [-0.25, -0.2) is 9.99 Å². The number of para-hydroxylation sites is 3. The number of hydrazone groups is 1. The van der Waals surface area contributed by atoms with Crippen LogP contribution in [-0.2, 0) is 9.59 Å². The van der Waals surface area contributed by atoms with Crippen LogP contribution in [0.25, 0.3) is 11.0 Å². The first-order valence-corrected chi connectivity index (χ1v) is 11.2. The van der Waals surface area contributed by atoms with Crippen molar-refractivity contribution in [1.82, 2.24) is 15.3 Å². The molecular formula is C22H23N5O2S. The van der Waals surface area contributed by atoms with Gasteiger partial charge in [-0.2, -0.15) is 16.9 Å². The lowest BCUT2D eigenvalue weighted by molar-refractivity contribution is -0.119. The normalized spacial score (nSPS) is 15.2. The maximum absolute atomic E-state index is 13.0. The molecule has 1 aliphatic rings. The highest BCUT2D eigenvalue weighted by Crippen LogP contribution is 2.22. The predicted octanol–water partition coefficient (Wildman–Crippen LogP) is 3.66. The van der Waals surface area contributed by atoms with E-state index in [4.69, 9.17) is 0 Å². The summed E-state index contributed by atoms with van der Waals surface area (Å²) in [5.41, 5.74) is 2.81. The number of thioether (sulfide) groups is 1. The van der Waals surface area contributed by atoms with Crippen LogP contribution < -0.4 is 10.3 Å². The van der Waals surface area contributed by atoms with E-state index in [-0.39, 0.29) is 24.3 Å². The molecule has 4 rings (SSSR count). The molecule has 0 bridgehead atoms. The molecule has 0 saturated heterocycles. The Morgan fingerprint density at radius 3 is 2.70 bits per heavy atom. The van der Waals surface area contributed by atoms with Crippen molar-refractivity contribution in [3.63, 3.8) is 0 Å². The van der Waals surface area contributed by atoms with E-state index < -0.39 is 0 Å². The molecule has 0 radical (unpaired) electrons. The van der Waals surface area contributed by atoms with Gasteiger partial charge in [-0.3, -0.25) is 9.59 Å². The maximum atomic E-state index is 13.0. The monoisotopic (exact) mass is 421 g/mol. The fourth-order valence-electron chi connectivity index (χ4n) is 3.38. The number of H-pyrrole nitrogens is 1. The Morgan fingerprint density at radius 2 is 1.93 bits per heavy atom. The van der Waals surface area contributed by atoms with E-state index in [1.165, 1.54) is 5.01 Å². The van der Waals surface area contributed by atoms with E-state index in [2.05, 4.69) is 20.4 Å². The average Bonchev–Trinajstić information content (AvgIpc) is 3.21. The van der Waals surface area contributed by atoms with Crippen LogP contribution in [0.1, 0.15) is 31.1 Å². The highest BCUT2D eigenvalue weighted by Gasteiger charge is 2.27. The van der Waals surface area contributed by atoms with E-state index in [0.717, 1.165) is 29.0 Å². The molecule has 0 aliphatic carbocycles. The molecule has 2 heterocycles. The molecule has 0 spiro atoms. The number of aromatic amines is 1. The molecule has 2 N–H and O–H groups in total. The lowest BCUT2D eigenvalue weighted by atomic mass is 10.1. The van der Waals surface area contributed by atoms with Gasteiger partial charge in [0.15, 0.2) is 0 Å². The van der Waals surface area contributed by atoms with E-state index in [0.29, 0.717) is 17.8 Å². The summed E-state index contributed by atoms with van der Waals surface area (Å²) < 4.78 is 0. The SMILES string of the molecule is CSCCC(NC(=O)C1=NN(c2ccccc2)C(=O)CC1)c1nc2ccccc2[nH]1. The minimum absolute atomic E-state index is 0.117. The van der Waals surface area contributed by atoms with Crippen LogP contribution >= 0.6 is 11.8 Å². The van der Waals surface area contributed by atoms with Gasteiger partial charge in [0.2, 0.25) is 5.91 Å². The first-order valence-electron chi connectivity index (χ1n) is 9.85. The number of hydrogen-bond donors (Lipinski definition) is 2. The van der Waals surface area contributed by atoms with Crippen LogP contribution in [0.15, 0.2) is 59.7 Å². The zero-order valence-corrected chi connectivity index (χ0v) is 17.5.